The van der Waals surface area contributed by atoms with E-state index < -0.39 is 0 Å². The minimum Gasteiger partial charge on any atom is -0.399 e. The van der Waals surface area contributed by atoms with Crippen molar-refractivity contribution in [2.24, 2.45) is 5.41 Å². The number of aromatic nitrogens is 1. The number of benzene rings is 2. The molecule has 0 amide bonds. The van der Waals surface area contributed by atoms with Crippen LogP contribution in [0.15, 0.2) is 53.9 Å². The van der Waals surface area contributed by atoms with Crippen molar-refractivity contribution in [1.29, 1.82) is 0 Å². The predicted molar refractivity (Wildman–Crippen MR) is 123 cm³/mol. The fourth-order valence-corrected chi connectivity index (χ4v) is 2.71. The smallest absolute Gasteiger partial charge is 0.135 e. The Kier molecular flexibility index (Phi) is 9.69. The number of carbonyl (C=O) groups is 1. The maximum atomic E-state index is 12.1. The minimum atomic E-state index is -0.171. The van der Waals surface area contributed by atoms with Crippen LogP contribution in [0.1, 0.15) is 45.9 Å². The summed E-state index contributed by atoms with van der Waals surface area (Å²) in [4.78, 5) is 15.0. The Hall–Kier alpha value is -2.53. The maximum Gasteiger partial charge on any atom is 0.135 e. The largest absolute Gasteiger partial charge is 0.399 e. The number of hydrogen-bond acceptors (Lipinski definition) is 4. The van der Waals surface area contributed by atoms with Gasteiger partial charge in [-0.1, -0.05) is 57.5 Å². The summed E-state index contributed by atoms with van der Waals surface area (Å²) in [6.45, 7) is 11.4. The summed E-state index contributed by atoms with van der Waals surface area (Å²) in [5, 5.41) is 3.15. The molecule has 3 aromatic rings. The molecule has 0 atom stereocenters. The highest BCUT2D eigenvalue weighted by Crippen LogP contribution is 2.25. The zero-order chi connectivity index (χ0) is 22.0. The molecule has 2 aromatic carbocycles. The average Bonchev–Trinajstić information content (AvgIpc) is 3.14. The van der Waals surface area contributed by atoms with Gasteiger partial charge in [0.15, 0.2) is 0 Å². The number of aryl methyl sites for hydroxylation is 2. The van der Waals surface area contributed by atoms with Gasteiger partial charge in [0.2, 0.25) is 0 Å². The second-order valence-corrected chi connectivity index (χ2v) is 8.58. The summed E-state index contributed by atoms with van der Waals surface area (Å²) in [6, 6.07) is 14.2. The molecule has 29 heavy (non-hydrogen) atoms. The molecule has 1 heterocycles. The van der Waals surface area contributed by atoms with Crippen molar-refractivity contribution < 1.29 is 9.18 Å². The highest BCUT2D eigenvalue weighted by Gasteiger charge is 2.14. The molecule has 3 rings (SSSR count). The van der Waals surface area contributed by atoms with E-state index in [-0.39, 0.29) is 17.0 Å². The molecule has 0 radical (unpaired) electrons. The third-order valence-electron chi connectivity index (χ3n) is 4.11. The molecule has 0 saturated heterocycles. The van der Waals surface area contributed by atoms with Crippen LogP contribution in [0, 0.1) is 18.2 Å². The highest BCUT2D eigenvalue weighted by molar-refractivity contribution is 7.13. The van der Waals surface area contributed by atoms with Crippen LogP contribution < -0.4 is 5.73 Å². The number of nitrogens with zero attached hydrogens (tertiary/aromatic N) is 1. The lowest BCUT2D eigenvalue weighted by atomic mass is 9.92. The monoisotopic (exact) mass is 414 g/mol. The third kappa shape index (κ3) is 9.48. The van der Waals surface area contributed by atoms with Crippen molar-refractivity contribution in [2.75, 3.05) is 5.73 Å². The zero-order valence-electron chi connectivity index (χ0n) is 18.1. The van der Waals surface area contributed by atoms with E-state index in [9.17, 15) is 9.18 Å². The van der Waals surface area contributed by atoms with E-state index in [1.165, 1.54) is 12.1 Å². The molecule has 0 fully saturated rings. The van der Waals surface area contributed by atoms with Crippen LogP contribution in [0.3, 0.4) is 0 Å². The van der Waals surface area contributed by atoms with Crippen LogP contribution in [-0.2, 0) is 11.2 Å². The number of halogens is 1. The molecule has 0 aliphatic carbocycles. The van der Waals surface area contributed by atoms with Gasteiger partial charge in [0.05, 0.1) is 5.69 Å². The summed E-state index contributed by atoms with van der Waals surface area (Å²) < 4.78 is 12.1. The summed E-state index contributed by atoms with van der Waals surface area (Å²) in [7, 11) is 0. The van der Waals surface area contributed by atoms with Crippen molar-refractivity contribution in [1.82, 2.24) is 4.98 Å². The molecule has 0 spiro atoms. The summed E-state index contributed by atoms with van der Waals surface area (Å²) in [5.74, 6) is 0.0723. The molecule has 156 valence electrons. The Morgan fingerprint density at radius 2 is 1.72 bits per heavy atom. The molecule has 0 saturated carbocycles. The van der Waals surface area contributed by atoms with E-state index in [1.807, 2.05) is 52.0 Å². The Labute approximate surface area is 177 Å². The SMILES string of the molecule is CC(=O)C(C)(C)C.CCc1csc(-c2cccc(N)c2)n1.Cc1ccc(F)cc1. The highest BCUT2D eigenvalue weighted by atomic mass is 32.1. The average molecular weight is 415 g/mol. The molecule has 0 bridgehead atoms. The van der Waals surface area contributed by atoms with Crippen LogP contribution in [0.2, 0.25) is 0 Å². The lowest BCUT2D eigenvalue weighted by Gasteiger charge is -2.11. The molecule has 3 nitrogen and oxygen atoms in total. The van der Waals surface area contributed by atoms with Crippen molar-refractivity contribution in [2.45, 2.75) is 48.0 Å². The molecule has 0 aliphatic heterocycles. The first-order valence-corrected chi connectivity index (χ1v) is 10.4. The van der Waals surface area contributed by atoms with Gasteiger partial charge < -0.3 is 5.73 Å². The Morgan fingerprint density at radius 1 is 1.14 bits per heavy atom. The number of nitrogens with two attached hydrogens (primary N) is 1. The van der Waals surface area contributed by atoms with Gasteiger partial charge in [0.25, 0.3) is 0 Å². The number of ketones is 1. The van der Waals surface area contributed by atoms with Gasteiger partial charge in [-0.2, -0.15) is 0 Å². The van der Waals surface area contributed by atoms with Crippen molar-refractivity contribution in [3.8, 4) is 10.6 Å². The van der Waals surface area contributed by atoms with E-state index in [1.54, 1.807) is 30.4 Å². The van der Waals surface area contributed by atoms with E-state index in [0.717, 1.165) is 33.9 Å². The summed E-state index contributed by atoms with van der Waals surface area (Å²) >= 11 is 1.67. The first-order chi connectivity index (χ1) is 13.5. The lowest BCUT2D eigenvalue weighted by molar-refractivity contribution is -0.124. The first kappa shape index (κ1) is 24.5. The fourth-order valence-electron chi connectivity index (χ4n) is 1.81. The van der Waals surface area contributed by atoms with Gasteiger partial charge >= 0.3 is 0 Å². The normalized spacial score (nSPS) is 10.3. The predicted octanol–water partition coefficient (Wildman–Crippen LogP) is 6.71. The van der Waals surface area contributed by atoms with Crippen LogP contribution in [0.4, 0.5) is 10.1 Å². The number of rotatable bonds is 2. The second-order valence-electron chi connectivity index (χ2n) is 7.72. The van der Waals surface area contributed by atoms with Gasteiger partial charge in [-0.05, 0) is 44.5 Å². The quantitative estimate of drug-likeness (QED) is 0.474. The molecule has 2 N–H and O–H groups in total. The van der Waals surface area contributed by atoms with Crippen LogP contribution in [0.5, 0.6) is 0 Å². The number of carbonyl (C=O) groups excluding carboxylic acids is 1. The molecule has 0 aliphatic rings. The van der Waals surface area contributed by atoms with Gasteiger partial charge in [0, 0.05) is 22.0 Å². The van der Waals surface area contributed by atoms with Crippen LogP contribution in [0.25, 0.3) is 10.6 Å². The first-order valence-electron chi connectivity index (χ1n) is 9.56. The molecule has 1 aromatic heterocycles. The summed E-state index contributed by atoms with van der Waals surface area (Å²) in [5.41, 5.74) is 9.70. The van der Waals surface area contributed by atoms with E-state index in [0.29, 0.717) is 0 Å². The standard InChI is InChI=1S/C11H12N2S.C7H7F.C6H12O/c1-2-10-7-14-11(13-10)8-4-3-5-9(12)6-8;1-6-2-4-7(8)5-3-6;1-5(7)6(2,3)4/h3-7H,2,12H2,1H3;2-5H,1H3;1-4H3. The molecular weight excluding hydrogens is 383 g/mol. The van der Waals surface area contributed by atoms with Gasteiger partial charge in [-0.3, -0.25) is 4.79 Å². The third-order valence-corrected chi connectivity index (χ3v) is 5.05. The topological polar surface area (TPSA) is 56.0 Å². The Bertz CT molecular complexity index is 875. The number of thiazole rings is 1. The second kappa shape index (κ2) is 11.5. The fraction of sp³-hybridized carbons (Fsp3) is 0.333. The summed E-state index contributed by atoms with van der Waals surface area (Å²) in [6.07, 6.45) is 0.985. The molecule has 0 unspecified atom stereocenters. The van der Waals surface area contributed by atoms with Crippen molar-refractivity contribution in [3.63, 3.8) is 0 Å². The molecule has 5 heteroatoms. The number of anilines is 1. The van der Waals surface area contributed by atoms with E-state index >= 15 is 0 Å². The van der Waals surface area contributed by atoms with Gasteiger partial charge in [-0.15, -0.1) is 11.3 Å². The van der Waals surface area contributed by atoms with E-state index in [2.05, 4.69) is 17.3 Å². The molecular formula is C24H31FN2OS. The van der Waals surface area contributed by atoms with Crippen LogP contribution in [-0.4, -0.2) is 10.8 Å². The van der Waals surface area contributed by atoms with Gasteiger partial charge in [-0.25, -0.2) is 9.37 Å². The Balaban J connectivity index is 0.000000240. The number of nitrogen functional groups attached to an aromatic ring is 1. The zero-order valence-corrected chi connectivity index (χ0v) is 18.9. The van der Waals surface area contributed by atoms with Crippen molar-refractivity contribution >= 4 is 22.8 Å². The lowest BCUT2D eigenvalue weighted by Crippen LogP contribution is -2.15. The number of hydrogen-bond donors (Lipinski definition) is 1. The minimum absolute atomic E-state index is 0.139. The van der Waals surface area contributed by atoms with Crippen molar-refractivity contribution in [3.05, 3.63) is 71.0 Å². The van der Waals surface area contributed by atoms with Crippen LogP contribution >= 0.6 is 11.3 Å². The van der Waals surface area contributed by atoms with Gasteiger partial charge in [0.1, 0.15) is 16.6 Å². The van der Waals surface area contributed by atoms with E-state index in [4.69, 9.17) is 5.73 Å². The Morgan fingerprint density at radius 3 is 2.14 bits per heavy atom. The number of Topliss-reactive ketones (excluding diaryl/α,β-unsaturated/α-hetero) is 1. The maximum absolute atomic E-state index is 12.1.